The number of benzene rings is 1. The van der Waals surface area contributed by atoms with Crippen LogP contribution in [0.25, 0.3) is 0 Å². The van der Waals surface area contributed by atoms with Gasteiger partial charge in [0.2, 0.25) is 0 Å². The molecule has 2 heterocycles. The van der Waals surface area contributed by atoms with E-state index in [0.717, 1.165) is 54.6 Å². The molecule has 1 atom stereocenters. The van der Waals surface area contributed by atoms with E-state index in [1.54, 1.807) is 6.20 Å². The van der Waals surface area contributed by atoms with Gasteiger partial charge in [-0.1, -0.05) is 26.0 Å². The lowest BCUT2D eigenvalue weighted by atomic mass is 9.80. The zero-order valence-corrected chi connectivity index (χ0v) is 21.2. The molecular formula is C28H34F3N3O3. The van der Waals surface area contributed by atoms with Crippen LogP contribution >= 0.6 is 0 Å². The number of carbonyl (C=O) groups excluding carboxylic acids is 1. The maximum atomic E-state index is 12.9. The van der Waals surface area contributed by atoms with Gasteiger partial charge in [0.1, 0.15) is 0 Å². The molecule has 1 saturated carbocycles. The number of halogens is 3. The Morgan fingerprint density at radius 3 is 2.35 bits per heavy atom. The van der Waals surface area contributed by atoms with Crippen molar-refractivity contribution in [3.63, 3.8) is 0 Å². The number of amides is 1. The largest absolute Gasteiger partial charge is 0.481 e. The molecule has 1 aliphatic carbocycles. The minimum Gasteiger partial charge on any atom is -0.481 e. The molecule has 2 aliphatic rings. The summed E-state index contributed by atoms with van der Waals surface area (Å²) in [7, 11) is 0. The standard InChI is InChI=1S/C28H34F3N3O3/c1-17(2)26-25-22(16-34(26)15-20-7-9-23(10-8-20)28(29,30)31)12-21(14-32-25)27(37)33-13-19-5-3-18(4-6-19)11-24(35)36/h7-10,12,14,17-19,26H,3-6,11,13,15-16H2,1-2H3,(H,33,37)(H,35,36)/t18-,19-,26?. The van der Waals surface area contributed by atoms with Crippen molar-refractivity contribution in [1.29, 1.82) is 0 Å². The van der Waals surface area contributed by atoms with Gasteiger partial charge in [-0.3, -0.25) is 19.5 Å². The Labute approximate surface area is 215 Å². The molecule has 2 N–H and O–H groups in total. The molecule has 2 aromatic rings. The van der Waals surface area contributed by atoms with Gasteiger partial charge >= 0.3 is 12.1 Å². The monoisotopic (exact) mass is 517 g/mol. The van der Waals surface area contributed by atoms with Crippen molar-refractivity contribution in [2.45, 2.75) is 71.3 Å². The maximum Gasteiger partial charge on any atom is 0.416 e. The lowest BCUT2D eigenvalue weighted by Crippen LogP contribution is -2.31. The minimum atomic E-state index is -4.36. The van der Waals surface area contributed by atoms with Crippen molar-refractivity contribution < 1.29 is 27.9 Å². The Morgan fingerprint density at radius 2 is 1.76 bits per heavy atom. The number of alkyl halides is 3. The number of nitrogens with zero attached hydrogens (tertiary/aromatic N) is 2. The first-order valence-corrected chi connectivity index (χ1v) is 12.9. The van der Waals surface area contributed by atoms with Gasteiger partial charge in [0.15, 0.2) is 0 Å². The van der Waals surface area contributed by atoms with Crippen molar-refractivity contribution >= 4 is 11.9 Å². The number of carboxylic acid groups (broad SMARTS) is 1. The highest BCUT2D eigenvalue weighted by Crippen LogP contribution is 2.39. The molecule has 200 valence electrons. The predicted octanol–water partition coefficient (Wildman–Crippen LogP) is 5.82. The average molecular weight is 518 g/mol. The minimum absolute atomic E-state index is 0.00962. The average Bonchev–Trinajstić information content (AvgIpc) is 3.20. The van der Waals surface area contributed by atoms with Crippen molar-refractivity contribution in [3.8, 4) is 0 Å². The highest BCUT2D eigenvalue weighted by molar-refractivity contribution is 5.94. The quantitative estimate of drug-likeness (QED) is 0.461. The topological polar surface area (TPSA) is 82.5 Å². The Kier molecular flexibility index (Phi) is 8.21. The second-order valence-corrected chi connectivity index (χ2v) is 10.8. The summed E-state index contributed by atoms with van der Waals surface area (Å²) in [6.07, 6.45) is 1.04. The molecule has 1 aromatic heterocycles. The maximum absolute atomic E-state index is 12.9. The summed E-state index contributed by atoms with van der Waals surface area (Å²) >= 11 is 0. The molecule has 1 fully saturated rings. The predicted molar refractivity (Wildman–Crippen MR) is 133 cm³/mol. The summed E-state index contributed by atoms with van der Waals surface area (Å²) in [5.41, 5.74) is 2.51. The number of hydrogen-bond acceptors (Lipinski definition) is 4. The van der Waals surface area contributed by atoms with Crippen LogP contribution < -0.4 is 5.32 Å². The molecule has 4 rings (SSSR count). The summed E-state index contributed by atoms with van der Waals surface area (Å²) in [6.45, 7) is 5.80. The Bertz CT molecular complexity index is 1110. The van der Waals surface area contributed by atoms with Crippen LogP contribution in [0.15, 0.2) is 36.5 Å². The number of pyridine rings is 1. The zero-order chi connectivity index (χ0) is 26.7. The van der Waals surface area contributed by atoms with Gasteiger partial charge in [-0.2, -0.15) is 13.2 Å². The van der Waals surface area contributed by atoms with Gasteiger partial charge in [-0.25, -0.2) is 0 Å². The van der Waals surface area contributed by atoms with Crippen molar-refractivity contribution in [3.05, 3.63) is 64.5 Å². The van der Waals surface area contributed by atoms with Crippen LogP contribution in [-0.2, 0) is 24.1 Å². The van der Waals surface area contributed by atoms with Gasteiger partial charge in [0.25, 0.3) is 5.91 Å². The fourth-order valence-corrected chi connectivity index (χ4v) is 5.68. The fourth-order valence-electron chi connectivity index (χ4n) is 5.68. The van der Waals surface area contributed by atoms with Gasteiger partial charge in [0.05, 0.1) is 22.9 Å². The molecule has 0 bridgehead atoms. The zero-order valence-electron chi connectivity index (χ0n) is 21.2. The second kappa shape index (κ2) is 11.2. The molecule has 0 radical (unpaired) electrons. The van der Waals surface area contributed by atoms with E-state index in [-0.39, 0.29) is 30.2 Å². The van der Waals surface area contributed by atoms with Crippen LogP contribution in [0.4, 0.5) is 13.2 Å². The number of hydrogen-bond donors (Lipinski definition) is 2. The lowest BCUT2D eigenvalue weighted by Gasteiger charge is -2.27. The van der Waals surface area contributed by atoms with Crippen LogP contribution in [0.1, 0.15) is 84.7 Å². The third-order valence-electron chi connectivity index (χ3n) is 7.59. The van der Waals surface area contributed by atoms with Crippen molar-refractivity contribution in [2.24, 2.45) is 17.8 Å². The van der Waals surface area contributed by atoms with E-state index in [1.807, 2.05) is 6.07 Å². The fraction of sp³-hybridized carbons (Fsp3) is 0.536. The lowest BCUT2D eigenvalue weighted by molar-refractivity contribution is -0.139. The van der Waals surface area contributed by atoms with Crippen molar-refractivity contribution in [2.75, 3.05) is 6.54 Å². The molecule has 0 spiro atoms. The van der Waals surface area contributed by atoms with Gasteiger partial charge in [0, 0.05) is 32.3 Å². The first-order chi connectivity index (χ1) is 17.5. The molecule has 0 saturated heterocycles. The molecule has 1 amide bonds. The summed E-state index contributed by atoms with van der Waals surface area (Å²) in [4.78, 5) is 30.6. The normalized spacial score (nSPS) is 22.2. The molecule has 1 aromatic carbocycles. The smallest absolute Gasteiger partial charge is 0.416 e. The molecule has 6 nitrogen and oxygen atoms in total. The van der Waals surface area contributed by atoms with Gasteiger partial charge in [-0.15, -0.1) is 0 Å². The molecular weight excluding hydrogens is 483 g/mol. The van der Waals surface area contributed by atoms with Gasteiger partial charge in [-0.05, 0) is 72.8 Å². The number of aromatic nitrogens is 1. The first-order valence-electron chi connectivity index (χ1n) is 12.9. The molecule has 1 aliphatic heterocycles. The van der Waals surface area contributed by atoms with Crippen LogP contribution in [0.2, 0.25) is 0 Å². The van der Waals surface area contributed by atoms with E-state index >= 15 is 0 Å². The second-order valence-electron chi connectivity index (χ2n) is 10.8. The van der Waals surface area contributed by atoms with Crippen LogP contribution in [-0.4, -0.2) is 33.4 Å². The number of carbonyl (C=O) groups is 2. The molecule has 1 unspecified atom stereocenters. The number of carboxylic acids is 1. The first kappa shape index (κ1) is 27.1. The SMILES string of the molecule is CC(C)C1c2ncc(C(=O)NC[C@H]3CC[C@H](CC(=O)O)CC3)cc2CN1Cc1ccc(C(F)(F)F)cc1. The van der Waals surface area contributed by atoms with Crippen LogP contribution in [0.5, 0.6) is 0 Å². The van der Waals surface area contributed by atoms with E-state index in [1.165, 1.54) is 12.1 Å². The van der Waals surface area contributed by atoms with E-state index < -0.39 is 17.7 Å². The molecule has 9 heteroatoms. The number of rotatable bonds is 8. The molecule has 37 heavy (non-hydrogen) atoms. The third kappa shape index (κ3) is 6.69. The number of nitrogens with one attached hydrogen (secondary N) is 1. The summed E-state index contributed by atoms with van der Waals surface area (Å²) in [5.74, 6) is -0.117. The summed E-state index contributed by atoms with van der Waals surface area (Å²) in [6, 6.07) is 7.15. The van der Waals surface area contributed by atoms with E-state index in [2.05, 4.69) is 29.0 Å². The summed E-state index contributed by atoms with van der Waals surface area (Å²) < 4.78 is 38.8. The van der Waals surface area contributed by atoms with E-state index in [9.17, 15) is 22.8 Å². The highest BCUT2D eigenvalue weighted by Gasteiger charge is 2.35. The number of aliphatic carboxylic acids is 1. The van der Waals surface area contributed by atoms with E-state index in [4.69, 9.17) is 5.11 Å². The Hall–Kier alpha value is -2.94. The highest BCUT2D eigenvalue weighted by atomic mass is 19.4. The summed E-state index contributed by atoms with van der Waals surface area (Å²) in [5, 5.41) is 12.0. The van der Waals surface area contributed by atoms with Crippen molar-refractivity contribution in [1.82, 2.24) is 15.2 Å². The Balaban J connectivity index is 1.37. The third-order valence-corrected chi connectivity index (χ3v) is 7.59. The van der Waals surface area contributed by atoms with Gasteiger partial charge < -0.3 is 10.4 Å². The van der Waals surface area contributed by atoms with E-state index in [0.29, 0.717) is 31.1 Å². The Morgan fingerprint density at radius 1 is 1.11 bits per heavy atom. The van der Waals surface area contributed by atoms with Crippen LogP contribution in [0, 0.1) is 17.8 Å². The number of fused-ring (bicyclic) bond motifs is 1. The van der Waals surface area contributed by atoms with Crippen LogP contribution in [0.3, 0.4) is 0 Å².